The lowest BCUT2D eigenvalue weighted by Gasteiger charge is -2.13. The van der Waals surface area contributed by atoms with Crippen molar-refractivity contribution in [3.63, 3.8) is 0 Å². The minimum atomic E-state index is -0.524. The van der Waals surface area contributed by atoms with E-state index >= 15 is 0 Å². The number of hydrogen-bond donors (Lipinski definition) is 1. The Morgan fingerprint density at radius 2 is 2.00 bits per heavy atom. The van der Waals surface area contributed by atoms with Crippen LogP contribution in [0.5, 0.6) is 0 Å². The number of primary amides is 1. The molecule has 0 aliphatic carbocycles. The van der Waals surface area contributed by atoms with Gasteiger partial charge in [-0.1, -0.05) is 13.8 Å². The molecule has 0 spiro atoms. The molecule has 0 bridgehead atoms. The second kappa shape index (κ2) is 5.13. The standard InChI is InChI=1S/C7H13BrN2O2/c1-5(2)3-7(12)10(8)4-6(9)11/h5H,3-4H2,1-2H3,(H2,9,11). The van der Waals surface area contributed by atoms with Gasteiger partial charge in [-0.2, -0.15) is 0 Å². The van der Waals surface area contributed by atoms with Gasteiger partial charge in [0.25, 0.3) is 0 Å². The molecule has 0 radical (unpaired) electrons. The van der Waals surface area contributed by atoms with Crippen molar-refractivity contribution in [2.24, 2.45) is 11.7 Å². The zero-order valence-corrected chi connectivity index (χ0v) is 8.80. The first-order valence-electron chi connectivity index (χ1n) is 3.68. The Kier molecular flexibility index (Phi) is 4.89. The summed E-state index contributed by atoms with van der Waals surface area (Å²) >= 11 is 2.96. The van der Waals surface area contributed by atoms with Crippen molar-refractivity contribution in [3.05, 3.63) is 0 Å². The number of hydrogen-bond acceptors (Lipinski definition) is 2. The minimum Gasteiger partial charge on any atom is -0.368 e. The van der Waals surface area contributed by atoms with Gasteiger partial charge in [-0.25, -0.2) is 0 Å². The Morgan fingerprint density at radius 1 is 1.50 bits per heavy atom. The van der Waals surface area contributed by atoms with Crippen LogP contribution < -0.4 is 5.73 Å². The summed E-state index contributed by atoms with van der Waals surface area (Å²) in [6, 6.07) is 0. The number of rotatable bonds is 4. The highest BCUT2D eigenvalue weighted by molar-refractivity contribution is 9.07. The number of carbonyl (C=O) groups is 2. The lowest BCUT2D eigenvalue weighted by atomic mass is 10.1. The van der Waals surface area contributed by atoms with Crippen LogP contribution in [0.4, 0.5) is 0 Å². The Balaban J connectivity index is 3.85. The van der Waals surface area contributed by atoms with E-state index in [1.807, 2.05) is 13.8 Å². The molecule has 0 atom stereocenters. The van der Waals surface area contributed by atoms with Gasteiger partial charge >= 0.3 is 0 Å². The second-order valence-electron chi connectivity index (χ2n) is 2.98. The monoisotopic (exact) mass is 236 g/mol. The van der Waals surface area contributed by atoms with Crippen LogP contribution in [-0.4, -0.2) is 22.3 Å². The van der Waals surface area contributed by atoms with E-state index in [0.717, 1.165) is 3.93 Å². The highest BCUT2D eigenvalue weighted by atomic mass is 79.9. The molecule has 0 unspecified atom stereocenters. The zero-order valence-electron chi connectivity index (χ0n) is 7.21. The topological polar surface area (TPSA) is 63.4 Å². The third kappa shape index (κ3) is 5.12. The Labute approximate surface area is 80.4 Å². The summed E-state index contributed by atoms with van der Waals surface area (Å²) in [5.74, 6) is -0.363. The normalized spacial score (nSPS) is 10.0. The van der Waals surface area contributed by atoms with Gasteiger partial charge in [0.15, 0.2) is 0 Å². The van der Waals surface area contributed by atoms with Crippen LogP contribution in [0.25, 0.3) is 0 Å². The van der Waals surface area contributed by atoms with Crippen LogP contribution >= 0.6 is 16.1 Å². The molecule has 5 heteroatoms. The van der Waals surface area contributed by atoms with E-state index in [1.165, 1.54) is 0 Å². The molecule has 2 N–H and O–H groups in total. The molecule has 0 aliphatic heterocycles. The molecule has 4 nitrogen and oxygen atoms in total. The molecule has 0 aromatic rings. The van der Waals surface area contributed by atoms with Crippen LogP contribution in [0.2, 0.25) is 0 Å². The zero-order chi connectivity index (χ0) is 9.72. The second-order valence-corrected chi connectivity index (χ2v) is 3.83. The fourth-order valence-electron chi connectivity index (χ4n) is 0.673. The molecular formula is C7H13BrN2O2. The van der Waals surface area contributed by atoms with Crippen molar-refractivity contribution in [2.45, 2.75) is 20.3 Å². The van der Waals surface area contributed by atoms with Gasteiger partial charge in [-0.05, 0) is 5.92 Å². The van der Waals surface area contributed by atoms with Gasteiger partial charge in [-0.15, -0.1) is 0 Å². The molecular weight excluding hydrogens is 224 g/mol. The lowest BCUT2D eigenvalue weighted by molar-refractivity contribution is -0.130. The average molecular weight is 237 g/mol. The maximum Gasteiger partial charge on any atom is 0.238 e. The van der Waals surface area contributed by atoms with E-state index < -0.39 is 5.91 Å². The average Bonchev–Trinajstić information content (AvgIpc) is 1.84. The van der Waals surface area contributed by atoms with Crippen LogP contribution in [0.3, 0.4) is 0 Å². The molecule has 0 aromatic carbocycles. The molecule has 0 saturated carbocycles. The Morgan fingerprint density at radius 3 is 2.33 bits per heavy atom. The van der Waals surface area contributed by atoms with Crippen LogP contribution in [0.1, 0.15) is 20.3 Å². The van der Waals surface area contributed by atoms with E-state index in [0.29, 0.717) is 6.42 Å². The lowest BCUT2D eigenvalue weighted by Crippen LogP contribution is -2.31. The summed E-state index contributed by atoms with van der Waals surface area (Å²) in [5, 5.41) is 0. The van der Waals surface area contributed by atoms with E-state index in [9.17, 15) is 9.59 Å². The smallest absolute Gasteiger partial charge is 0.238 e. The molecule has 0 heterocycles. The molecule has 0 fully saturated rings. The molecule has 70 valence electrons. The summed E-state index contributed by atoms with van der Waals surface area (Å²) in [5.41, 5.74) is 4.90. The first kappa shape index (κ1) is 11.4. The summed E-state index contributed by atoms with van der Waals surface area (Å²) in [6.45, 7) is 3.79. The van der Waals surface area contributed by atoms with Crippen LogP contribution in [0.15, 0.2) is 0 Å². The van der Waals surface area contributed by atoms with Crippen molar-refractivity contribution in [1.82, 2.24) is 3.93 Å². The van der Waals surface area contributed by atoms with Gasteiger partial charge in [-0.3, -0.25) is 13.5 Å². The predicted molar refractivity (Wildman–Crippen MR) is 49.3 cm³/mol. The van der Waals surface area contributed by atoms with Gasteiger partial charge in [0, 0.05) is 6.42 Å². The van der Waals surface area contributed by atoms with Crippen molar-refractivity contribution in [2.75, 3.05) is 6.54 Å². The van der Waals surface area contributed by atoms with Gasteiger partial charge < -0.3 is 5.73 Å². The first-order chi connectivity index (χ1) is 5.43. The molecule has 2 amide bonds. The van der Waals surface area contributed by atoms with Gasteiger partial charge in [0.05, 0.1) is 16.1 Å². The van der Waals surface area contributed by atoms with Gasteiger partial charge in [0.2, 0.25) is 11.8 Å². The van der Waals surface area contributed by atoms with Crippen LogP contribution in [0, 0.1) is 5.92 Å². The van der Waals surface area contributed by atoms with E-state index in [1.54, 1.807) is 0 Å². The molecule has 0 aromatic heterocycles. The molecule has 0 saturated heterocycles. The number of nitrogens with zero attached hydrogens (tertiary/aromatic N) is 1. The van der Waals surface area contributed by atoms with Crippen LogP contribution in [-0.2, 0) is 9.59 Å². The first-order valence-corrected chi connectivity index (χ1v) is 4.39. The third-order valence-corrected chi connectivity index (χ3v) is 1.79. The van der Waals surface area contributed by atoms with Crippen molar-refractivity contribution in [1.29, 1.82) is 0 Å². The highest BCUT2D eigenvalue weighted by Crippen LogP contribution is 2.07. The molecule has 0 rings (SSSR count). The van der Waals surface area contributed by atoms with Crippen molar-refractivity contribution < 1.29 is 9.59 Å². The minimum absolute atomic E-state index is 0.0778. The largest absolute Gasteiger partial charge is 0.368 e. The van der Waals surface area contributed by atoms with E-state index in [4.69, 9.17) is 5.73 Å². The Hall–Kier alpha value is -0.580. The summed E-state index contributed by atoms with van der Waals surface area (Å²) < 4.78 is 1.16. The maximum absolute atomic E-state index is 11.2. The fourth-order valence-corrected chi connectivity index (χ4v) is 1.07. The third-order valence-electron chi connectivity index (χ3n) is 1.15. The number of carbonyl (C=O) groups excluding carboxylic acids is 2. The van der Waals surface area contributed by atoms with Crippen molar-refractivity contribution >= 4 is 28.0 Å². The quantitative estimate of drug-likeness (QED) is 0.730. The fraction of sp³-hybridized carbons (Fsp3) is 0.714. The summed E-state index contributed by atoms with van der Waals surface area (Å²) in [7, 11) is 0. The maximum atomic E-state index is 11.2. The Bertz CT molecular complexity index is 182. The predicted octanol–water partition coefficient (Wildman–Crippen LogP) is 0.656. The molecule has 12 heavy (non-hydrogen) atoms. The number of nitrogens with two attached hydrogens (primary N) is 1. The number of halogens is 1. The molecule has 0 aliphatic rings. The summed E-state index contributed by atoms with van der Waals surface area (Å²) in [6.07, 6.45) is 0.415. The van der Waals surface area contributed by atoms with Crippen molar-refractivity contribution in [3.8, 4) is 0 Å². The van der Waals surface area contributed by atoms with Gasteiger partial charge in [0.1, 0.15) is 6.54 Å². The SMILES string of the molecule is CC(C)CC(=O)N(Br)CC(N)=O. The van der Waals surface area contributed by atoms with E-state index in [2.05, 4.69) is 16.1 Å². The summed E-state index contributed by atoms with van der Waals surface area (Å²) in [4.78, 5) is 21.6. The number of amides is 2. The van der Waals surface area contributed by atoms with E-state index in [-0.39, 0.29) is 18.4 Å². The highest BCUT2D eigenvalue weighted by Gasteiger charge is 2.13.